The largest absolute Gasteiger partial charge is 0.456 e. The smallest absolute Gasteiger partial charge is 0.340 e. The molecule has 0 amide bonds. The van der Waals surface area contributed by atoms with Crippen molar-refractivity contribution in [2.45, 2.75) is 18.9 Å². The highest BCUT2D eigenvalue weighted by molar-refractivity contribution is 14.1. The van der Waals surface area contributed by atoms with Gasteiger partial charge in [-0.1, -0.05) is 0 Å². The maximum atomic E-state index is 11.9. The van der Waals surface area contributed by atoms with E-state index in [0.29, 0.717) is 18.1 Å². The summed E-state index contributed by atoms with van der Waals surface area (Å²) >= 11 is 2.12. The number of ether oxygens (including phenoxy) is 2. The van der Waals surface area contributed by atoms with E-state index in [2.05, 4.69) is 27.6 Å². The van der Waals surface area contributed by atoms with Gasteiger partial charge in [0.05, 0.1) is 12.2 Å². The Balaban J connectivity index is 1.99. The molecule has 0 N–H and O–H groups in total. The van der Waals surface area contributed by atoms with E-state index >= 15 is 0 Å². The zero-order valence-corrected chi connectivity index (χ0v) is 11.7. The predicted molar refractivity (Wildman–Crippen MR) is 70.8 cm³/mol. The van der Waals surface area contributed by atoms with Crippen LogP contribution >= 0.6 is 22.6 Å². The third kappa shape index (κ3) is 3.64. The van der Waals surface area contributed by atoms with Crippen LogP contribution in [-0.2, 0) is 9.47 Å². The summed E-state index contributed by atoms with van der Waals surface area (Å²) in [6.45, 7) is 0.466. The summed E-state index contributed by atoms with van der Waals surface area (Å²) in [4.78, 5) is 15.9. The van der Waals surface area contributed by atoms with Gasteiger partial charge in [0, 0.05) is 23.1 Å². The second-order valence-electron chi connectivity index (χ2n) is 4.13. The van der Waals surface area contributed by atoms with Crippen LogP contribution < -0.4 is 0 Å². The average molecular weight is 347 g/mol. The van der Waals surface area contributed by atoms with Crippen LogP contribution in [0.2, 0.25) is 0 Å². The molecule has 1 saturated carbocycles. The van der Waals surface area contributed by atoms with E-state index in [0.717, 1.165) is 16.4 Å². The lowest BCUT2D eigenvalue weighted by Crippen LogP contribution is -2.25. The lowest BCUT2D eigenvalue weighted by molar-refractivity contribution is -0.00175. The number of hydrogen-bond donors (Lipinski definition) is 0. The number of aromatic nitrogens is 1. The first-order chi connectivity index (χ1) is 8.20. The Labute approximate surface area is 114 Å². The van der Waals surface area contributed by atoms with E-state index in [1.807, 2.05) is 0 Å². The minimum atomic E-state index is -0.315. The van der Waals surface area contributed by atoms with Crippen LogP contribution in [-0.4, -0.2) is 30.8 Å². The number of nitrogens with zero attached hydrogens (tertiary/aromatic N) is 1. The van der Waals surface area contributed by atoms with Gasteiger partial charge >= 0.3 is 5.97 Å². The van der Waals surface area contributed by atoms with Crippen molar-refractivity contribution in [1.29, 1.82) is 0 Å². The minimum absolute atomic E-state index is 0.120. The maximum Gasteiger partial charge on any atom is 0.340 e. The molecule has 0 radical (unpaired) electrons. The molecule has 1 unspecified atom stereocenters. The highest BCUT2D eigenvalue weighted by Crippen LogP contribution is 2.34. The fraction of sp³-hybridized carbons (Fsp3) is 0.500. The molecule has 1 aliphatic rings. The van der Waals surface area contributed by atoms with Crippen LogP contribution in [0.1, 0.15) is 23.2 Å². The normalized spacial score (nSPS) is 16.6. The fourth-order valence-electron chi connectivity index (χ4n) is 1.63. The molecule has 4 nitrogen and oxygen atoms in total. The zero-order chi connectivity index (χ0) is 12.3. The average Bonchev–Trinajstić information content (AvgIpc) is 3.12. The highest BCUT2D eigenvalue weighted by atomic mass is 127. The topological polar surface area (TPSA) is 48.4 Å². The van der Waals surface area contributed by atoms with Gasteiger partial charge in [-0.15, -0.1) is 0 Å². The van der Waals surface area contributed by atoms with E-state index in [-0.39, 0.29) is 12.1 Å². The van der Waals surface area contributed by atoms with Crippen molar-refractivity contribution >= 4 is 28.6 Å². The molecule has 0 aliphatic heterocycles. The molecule has 0 spiro atoms. The Kier molecular flexibility index (Phi) is 4.33. The quantitative estimate of drug-likeness (QED) is 0.606. The van der Waals surface area contributed by atoms with Gasteiger partial charge in [0.25, 0.3) is 0 Å². The second-order valence-corrected chi connectivity index (χ2v) is 5.37. The van der Waals surface area contributed by atoms with E-state index in [1.165, 1.54) is 6.20 Å². The van der Waals surface area contributed by atoms with Gasteiger partial charge in [-0.3, -0.25) is 4.98 Å². The van der Waals surface area contributed by atoms with Gasteiger partial charge in [-0.25, -0.2) is 4.79 Å². The number of pyridine rings is 1. The van der Waals surface area contributed by atoms with Crippen molar-refractivity contribution in [3.63, 3.8) is 0 Å². The van der Waals surface area contributed by atoms with Crippen molar-refractivity contribution in [2.75, 3.05) is 13.7 Å². The number of carbonyl (C=O) groups excluding carboxylic acids is 1. The van der Waals surface area contributed by atoms with Crippen molar-refractivity contribution < 1.29 is 14.3 Å². The predicted octanol–water partition coefficient (Wildman–Crippen LogP) is 2.27. The summed E-state index contributed by atoms with van der Waals surface area (Å²) in [5, 5.41) is 0. The first-order valence-electron chi connectivity index (χ1n) is 5.51. The van der Waals surface area contributed by atoms with Gasteiger partial charge < -0.3 is 9.47 Å². The molecular weight excluding hydrogens is 333 g/mol. The Bertz CT molecular complexity index is 406. The lowest BCUT2D eigenvalue weighted by Gasteiger charge is -2.16. The third-order valence-electron chi connectivity index (χ3n) is 2.68. The molecule has 1 aromatic heterocycles. The molecule has 17 heavy (non-hydrogen) atoms. The molecule has 5 heteroatoms. The zero-order valence-electron chi connectivity index (χ0n) is 9.56. The summed E-state index contributed by atoms with van der Waals surface area (Å²) in [6.07, 6.45) is 5.34. The first kappa shape index (κ1) is 12.8. The molecule has 2 rings (SSSR count). The van der Waals surface area contributed by atoms with E-state index in [1.54, 1.807) is 19.4 Å². The lowest BCUT2D eigenvalue weighted by atomic mass is 10.2. The Morgan fingerprint density at radius 2 is 2.35 bits per heavy atom. The van der Waals surface area contributed by atoms with Gasteiger partial charge in [-0.2, -0.15) is 0 Å². The molecule has 92 valence electrons. The van der Waals surface area contributed by atoms with E-state index in [4.69, 9.17) is 9.47 Å². The SMILES string of the molecule is COCC(OC(=O)c1cncc(I)c1)C1CC1. The molecule has 1 atom stereocenters. The minimum Gasteiger partial charge on any atom is -0.456 e. The van der Waals surface area contributed by atoms with Gasteiger partial charge in [-0.05, 0) is 47.4 Å². The maximum absolute atomic E-state index is 11.9. The molecule has 1 aromatic rings. The van der Waals surface area contributed by atoms with Crippen LogP contribution in [0.4, 0.5) is 0 Å². The number of esters is 1. The fourth-order valence-corrected chi connectivity index (χ4v) is 2.12. The van der Waals surface area contributed by atoms with Gasteiger partial charge in [0.2, 0.25) is 0 Å². The standard InChI is InChI=1S/C12H14INO3/c1-16-7-11(8-2-3-8)17-12(15)9-4-10(13)6-14-5-9/h4-6,8,11H,2-3,7H2,1H3. The molecule has 1 fully saturated rings. The number of halogens is 1. The Hall–Kier alpha value is -0.690. The molecule has 1 heterocycles. The van der Waals surface area contributed by atoms with Crippen molar-refractivity contribution in [3.8, 4) is 0 Å². The number of methoxy groups -OCH3 is 1. The molecule has 0 aromatic carbocycles. The summed E-state index contributed by atoms with van der Waals surface area (Å²) in [5.41, 5.74) is 0.499. The molecule has 0 bridgehead atoms. The molecular formula is C12H14INO3. The van der Waals surface area contributed by atoms with Crippen molar-refractivity contribution in [3.05, 3.63) is 27.6 Å². The monoisotopic (exact) mass is 347 g/mol. The van der Waals surface area contributed by atoms with Crippen molar-refractivity contribution in [2.24, 2.45) is 5.92 Å². The molecule has 1 aliphatic carbocycles. The summed E-state index contributed by atoms with van der Waals surface area (Å²) < 4.78 is 11.4. The number of carbonyl (C=O) groups is 1. The summed E-state index contributed by atoms with van der Waals surface area (Å²) in [6, 6.07) is 1.77. The first-order valence-corrected chi connectivity index (χ1v) is 6.59. The Morgan fingerprint density at radius 1 is 1.59 bits per heavy atom. The summed E-state index contributed by atoms with van der Waals surface area (Å²) in [7, 11) is 1.62. The molecule has 0 saturated heterocycles. The van der Waals surface area contributed by atoms with E-state index in [9.17, 15) is 4.79 Å². The number of rotatable bonds is 5. The van der Waals surface area contributed by atoms with E-state index < -0.39 is 0 Å². The van der Waals surface area contributed by atoms with Crippen LogP contribution in [0.3, 0.4) is 0 Å². The van der Waals surface area contributed by atoms with Crippen LogP contribution in [0.15, 0.2) is 18.5 Å². The Morgan fingerprint density at radius 3 is 2.94 bits per heavy atom. The van der Waals surface area contributed by atoms with Crippen molar-refractivity contribution in [1.82, 2.24) is 4.98 Å². The number of hydrogen-bond acceptors (Lipinski definition) is 4. The summed E-state index contributed by atoms with van der Waals surface area (Å²) in [5.74, 6) is 0.152. The third-order valence-corrected chi connectivity index (χ3v) is 3.27. The highest BCUT2D eigenvalue weighted by Gasteiger charge is 2.34. The van der Waals surface area contributed by atoms with Crippen LogP contribution in [0.25, 0.3) is 0 Å². The van der Waals surface area contributed by atoms with Gasteiger partial charge in [0.1, 0.15) is 6.10 Å². The van der Waals surface area contributed by atoms with Crippen LogP contribution in [0.5, 0.6) is 0 Å². The second kappa shape index (κ2) is 5.77. The van der Waals surface area contributed by atoms with Crippen LogP contribution in [0, 0.1) is 9.49 Å². The van der Waals surface area contributed by atoms with Gasteiger partial charge in [0.15, 0.2) is 0 Å².